The number of likely N-dealkylation sites (tertiary alicyclic amines) is 1. The van der Waals surface area contributed by atoms with E-state index >= 15 is 0 Å². The smallest absolute Gasteiger partial charge is 0.144 e. The molecule has 0 unspecified atom stereocenters. The molecule has 1 fully saturated rings. The minimum absolute atomic E-state index is 0.369. The first-order chi connectivity index (χ1) is 7.66. The average Bonchev–Trinajstić information content (AvgIpc) is 2.26. The normalized spacial score (nSPS) is 17.8. The van der Waals surface area contributed by atoms with Crippen LogP contribution in [0.1, 0.15) is 18.4 Å². The molecule has 1 aliphatic heterocycles. The Bertz CT molecular complexity index is 376. The van der Waals surface area contributed by atoms with Crippen molar-refractivity contribution in [1.29, 1.82) is 0 Å². The Kier molecular flexibility index (Phi) is 3.85. The number of ketones is 1. The number of nitrogens with one attached hydrogen (secondary N) is 1. The van der Waals surface area contributed by atoms with Crippen LogP contribution in [0.25, 0.3) is 0 Å². The molecule has 1 heterocycles. The Morgan fingerprint density at radius 2 is 1.69 bits per heavy atom. The highest BCUT2D eigenvalue weighted by Gasteiger charge is 2.21. The van der Waals surface area contributed by atoms with Crippen LogP contribution in [0.15, 0.2) is 18.2 Å². The molecular weight excluding hydrogens is 245 g/mol. The third-order valence-electron chi connectivity index (χ3n) is 3.00. The van der Waals surface area contributed by atoms with E-state index < -0.39 is 0 Å². The van der Waals surface area contributed by atoms with E-state index in [0.29, 0.717) is 18.6 Å². The van der Waals surface area contributed by atoms with Gasteiger partial charge in [-0.25, -0.2) is 0 Å². The van der Waals surface area contributed by atoms with Gasteiger partial charge in [0.05, 0.1) is 36.0 Å². The topological polar surface area (TPSA) is 21.5 Å². The zero-order valence-corrected chi connectivity index (χ0v) is 10.4. The third-order valence-corrected chi connectivity index (χ3v) is 3.71. The number of rotatable bonds is 2. The van der Waals surface area contributed by atoms with Crippen molar-refractivity contribution >= 4 is 29.0 Å². The number of carbonyl (C=O) groups excluding carboxylic acids is 1. The van der Waals surface area contributed by atoms with E-state index in [0.717, 1.165) is 35.2 Å². The van der Waals surface area contributed by atoms with Crippen molar-refractivity contribution in [2.24, 2.45) is 0 Å². The van der Waals surface area contributed by atoms with Crippen molar-refractivity contribution in [3.8, 4) is 0 Å². The lowest BCUT2D eigenvalue weighted by Gasteiger charge is -2.23. The Morgan fingerprint density at radius 3 is 2.25 bits per heavy atom. The lowest BCUT2D eigenvalue weighted by atomic mass is 10.1. The molecule has 0 spiro atoms. The van der Waals surface area contributed by atoms with Gasteiger partial charge in [0.1, 0.15) is 12.3 Å². The lowest BCUT2D eigenvalue weighted by Crippen LogP contribution is -3.11. The van der Waals surface area contributed by atoms with Gasteiger partial charge in [0, 0.05) is 5.56 Å². The van der Waals surface area contributed by atoms with Crippen LogP contribution < -0.4 is 4.90 Å². The van der Waals surface area contributed by atoms with Gasteiger partial charge in [-0.15, -0.1) is 0 Å². The molecule has 1 aliphatic rings. The average molecular weight is 259 g/mol. The van der Waals surface area contributed by atoms with Crippen LogP contribution in [0.5, 0.6) is 0 Å². The van der Waals surface area contributed by atoms with Gasteiger partial charge < -0.3 is 4.90 Å². The summed E-state index contributed by atoms with van der Waals surface area (Å²) < 4.78 is 0. The lowest BCUT2D eigenvalue weighted by molar-refractivity contribution is -0.915. The van der Waals surface area contributed by atoms with E-state index in [-0.39, 0.29) is 0 Å². The molecule has 2 nitrogen and oxygen atoms in total. The summed E-state index contributed by atoms with van der Waals surface area (Å²) in [6, 6.07) is 5.57. The number of Topliss-reactive ketones (excluding diaryl/α,β-unsaturated/α-hetero) is 1. The molecule has 0 radical (unpaired) electrons. The second-order valence-corrected chi connectivity index (χ2v) is 4.98. The van der Waals surface area contributed by atoms with Gasteiger partial charge in [0.25, 0.3) is 0 Å². The second-order valence-electron chi connectivity index (χ2n) is 4.17. The number of halogens is 2. The molecule has 0 saturated carbocycles. The van der Waals surface area contributed by atoms with Crippen LogP contribution in [0.4, 0.5) is 0 Å². The van der Waals surface area contributed by atoms with Crippen molar-refractivity contribution in [2.45, 2.75) is 19.4 Å². The Balaban J connectivity index is 2.06. The Morgan fingerprint density at radius 1 is 1.12 bits per heavy atom. The predicted molar refractivity (Wildman–Crippen MR) is 65.1 cm³/mol. The van der Waals surface area contributed by atoms with Gasteiger partial charge in [0.15, 0.2) is 0 Å². The van der Waals surface area contributed by atoms with Gasteiger partial charge in [-0.2, -0.15) is 0 Å². The van der Waals surface area contributed by atoms with Crippen molar-refractivity contribution < 1.29 is 9.69 Å². The maximum Gasteiger partial charge on any atom is 0.144 e. The molecule has 2 rings (SSSR count). The molecule has 0 atom stereocenters. The van der Waals surface area contributed by atoms with Crippen molar-refractivity contribution in [2.75, 3.05) is 13.1 Å². The van der Waals surface area contributed by atoms with Crippen LogP contribution in [-0.4, -0.2) is 18.9 Å². The molecule has 1 aromatic carbocycles. The van der Waals surface area contributed by atoms with Crippen LogP contribution in [-0.2, 0) is 11.3 Å². The Labute approximate surface area is 105 Å². The van der Waals surface area contributed by atoms with Gasteiger partial charge in [-0.05, 0) is 12.1 Å². The minimum Gasteiger partial charge on any atom is -0.330 e. The number of hydrogen-bond donors (Lipinski definition) is 1. The minimum atomic E-state index is 0.369. The number of quaternary nitrogens is 1. The molecule has 1 N–H and O–H groups in total. The molecule has 4 heteroatoms. The molecular formula is C12H14Cl2NO+. The van der Waals surface area contributed by atoms with Crippen molar-refractivity contribution in [1.82, 2.24) is 0 Å². The fourth-order valence-electron chi connectivity index (χ4n) is 2.01. The second kappa shape index (κ2) is 5.17. The summed E-state index contributed by atoms with van der Waals surface area (Å²) in [6.45, 7) is 2.59. The zero-order valence-electron chi connectivity index (χ0n) is 8.93. The third kappa shape index (κ3) is 2.76. The standard InChI is InChI=1S/C12H13Cl2NO/c13-11-2-1-3-12(14)10(11)8-15-6-4-9(16)5-7-15/h1-3H,4-8H2/p+1. The van der Waals surface area contributed by atoms with E-state index in [1.807, 2.05) is 18.2 Å². The molecule has 1 aromatic rings. The maximum absolute atomic E-state index is 11.1. The summed E-state index contributed by atoms with van der Waals surface area (Å²) in [5, 5.41) is 1.44. The Hall–Kier alpha value is -0.570. The molecule has 86 valence electrons. The van der Waals surface area contributed by atoms with Gasteiger partial charge >= 0.3 is 0 Å². The highest BCUT2D eigenvalue weighted by atomic mass is 35.5. The molecule has 0 amide bonds. The number of benzene rings is 1. The maximum atomic E-state index is 11.1. The summed E-state index contributed by atoms with van der Waals surface area (Å²) >= 11 is 12.2. The summed E-state index contributed by atoms with van der Waals surface area (Å²) in [7, 11) is 0. The first-order valence-corrected chi connectivity index (χ1v) is 6.20. The summed E-state index contributed by atoms with van der Waals surface area (Å²) in [6.07, 6.45) is 1.36. The zero-order chi connectivity index (χ0) is 11.5. The summed E-state index contributed by atoms with van der Waals surface area (Å²) in [5.74, 6) is 0.369. The SMILES string of the molecule is O=C1CC[NH+](Cc2c(Cl)cccc2Cl)CC1. The number of piperidine rings is 1. The highest BCUT2D eigenvalue weighted by molar-refractivity contribution is 6.35. The monoisotopic (exact) mass is 258 g/mol. The van der Waals surface area contributed by atoms with Gasteiger partial charge in [-0.1, -0.05) is 29.3 Å². The predicted octanol–water partition coefficient (Wildman–Crippen LogP) is 1.74. The largest absolute Gasteiger partial charge is 0.330 e. The number of hydrogen-bond acceptors (Lipinski definition) is 1. The van der Waals surface area contributed by atoms with Crippen LogP contribution in [0.2, 0.25) is 10.0 Å². The van der Waals surface area contributed by atoms with Gasteiger partial charge in [-0.3, -0.25) is 4.79 Å². The van der Waals surface area contributed by atoms with E-state index in [9.17, 15) is 4.79 Å². The summed E-state index contributed by atoms with van der Waals surface area (Å²) in [5.41, 5.74) is 0.996. The molecule has 0 aromatic heterocycles. The van der Waals surface area contributed by atoms with Crippen LogP contribution in [0.3, 0.4) is 0 Å². The van der Waals surface area contributed by atoms with Crippen molar-refractivity contribution in [3.05, 3.63) is 33.8 Å². The molecule has 0 bridgehead atoms. The van der Waals surface area contributed by atoms with Crippen molar-refractivity contribution in [3.63, 3.8) is 0 Å². The fourth-order valence-corrected chi connectivity index (χ4v) is 2.54. The first kappa shape index (κ1) is 11.9. The van der Waals surface area contributed by atoms with E-state index in [2.05, 4.69) is 0 Å². The number of carbonyl (C=O) groups is 1. The highest BCUT2D eigenvalue weighted by Crippen LogP contribution is 2.23. The van der Waals surface area contributed by atoms with Crippen LogP contribution in [0, 0.1) is 0 Å². The first-order valence-electron chi connectivity index (χ1n) is 5.45. The molecule has 16 heavy (non-hydrogen) atoms. The van der Waals surface area contributed by atoms with E-state index in [4.69, 9.17) is 23.2 Å². The fraction of sp³-hybridized carbons (Fsp3) is 0.417. The summed E-state index contributed by atoms with van der Waals surface area (Å²) in [4.78, 5) is 12.5. The molecule has 1 saturated heterocycles. The molecule has 0 aliphatic carbocycles. The quantitative estimate of drug-likeness (QED) is 0.858. The van der Waals surface area contributed by atoms with Gasteiger partial charge in [0.2, 0.25) is 0 Å². The van der Waals surface area contributed by atoms with E-state index in [1.165, 1.54) is 4.90 Å². The van der Waals surface area contributed by atoms with E-state index in [1.54, 1.807) is 0 Å². The van der Waals surface area contributed by atoms with Crippen LogP contribution >= 0.6 is 23.2 Å².